The smallest absolute Gasteiger partial charge is 0.126 e. The number of rotatable bonds is 2. The molecule has 2 unspecified atom stereocenters. The van der Waals surface area contributed by atoms with Gasteiger partial charge in [0, 0.05) is 23.4 Å². The predicted molar refractivity (Wildman–Crippen MR) is 72.7 cm³/mol. The van der Waals surface area contributed by atoms with Gasteiger partial charge in [0.05, 0.1) is 6.61 Å². The van der Waals surface area contributed by atoms with E-state index >= 15 is 0 Å². The molecule has 2 aliphatic rings. The lowest BCUT2D eigenvalue weighted by Crippen LogP contribution is -2.25. The number of benzene rings is 1. The lowest BCUT2D eigenvalue weighted by atomic mass is 9.93. The summed E-state index contributed by atoms with van der Waals surface area (Å²) < 4.78 is 21.4. The molecule has 18 heavy (non-hydrogen) atoms. The number of nitrogens with two attached hydrogens (primary N) is 1. The number of alkyl halides is 1. The average molecular weight is 314 g/mol. The fourth-order valence-corrected chi connectivity index (χ4v) is 3.65. The summed E-state index contributed by atoms with van der Waals surface area (Å²) in [7, 11) is 0. The largest absolute Gasteiger partial charge is 0.493 e. The van der Waals surface area contributed by atoms with Crippen LogP contribution < -0.4 is 10.5 Å². The molecular weight excluding hydrogens is 297 g/mol. The molecule has 0 aromatic heterocycles. The molecule has 1 heterocycles. The summed E-state index contributed by atoms with van der Waals surface area (Å²) in [5.74, 6) is 0.899. The monoisotopic (exact) mass is 313 g/mol. The zero-order valence-corrected chi connectivity index (χ0v) is 11.8. The van der Waals surface area contributed by atoms with E-state index < -0.39 is 5.67 Å². The second-order valence-electron chi connectivity index (χ2n) is 5.48. The van der Waals surface area contributed by atoms with Gasteiger partial charge in [-0.1, -0.05) is 15.9 Å². The van der Waals surface area contributed by atoms with Crippen LogP contribution in [0, 0.1) is 0 Å². The summed E-state index contributed by atoms with van der Waals surface area (Å²) >= 11 is 3.49. The Balaban J connectivity index is 1.89. The van der Waals surface area contributed by atoms with Crippen LogP contribution in [0.2, 0.25) is 0 Å². The maximum absolute atomic E-state index is 14.7. The summed E-state index contributed by atoms with van der Waals surface area (Å²) in [6.45, 7) is 0.706. The SMILES string of the molecule is NC1CCC(F)(Cc2cc(Br)cc3c2OCC3)C1. The quantitative estimate of drug-likeness (QED) is 0.910. The Morgan fingerprint density at radius 2 is 2.33 bits per heavy atom. The summed E-state index contributed by atoms with van der Waals surface area (Å²) in [5.41, 5.74) is 6.84. The Hall–Kier alpha value is -0.610. The Kier molecular flexibility index (Phi) is 3.10. The van der Waals surface area contributed by atoms with Crippen LogP contribution >= 0.6 is 15.9 Å². The molecule has 0 saturated heterocycles. The minimum atomic E-state index is -1.15. The van der Waals surface area contributed by atoms with Crippen LogP contribution in [-0.4, -0.2) is 18.3 Å². The Morgan fingerprint density at radius 1 is 1.50 bits per heavy atom. The van der Waals surface area contributed by atoms with E-state index in [0.29, 0.717) is 25.9 Å². The molecule has 1 aliphatic carbocycles. The van der Waals surface area contributed by atoms with Crippen LogP contribution in [-0.2, 0) is 12.8 Å². The molecule has 1 aliphatic heterocycles. The van der Waals surface area contributed by atoms with E-state index in [1.165, 1.54) is 5.56 Å². The maximum atomic E-state index is 14.7. The van der Waals surface area contributed by atoms with Gasteiger partial charge in [0.1, 0.15) is 11.4 Å². The number of fused-ring (bicyclic) bond motifs is 1. The van der Waals surface area contributed by atoms with Gasteiger partial charge in [-0.25, -0.2) is 4.39 Å². The van der Waals surface area contributed by atoms with Crippen molar-refractivity contribution in [2.45, 2.75) is 43.8 Å². The molecule has 0 spiro atoms. The second kappa shape index (κ2) is 4.49. The highest BCUT2D eigenvalue weighted by molar-refractivity contribution is 9.10. The number of hydrogen-bond donors (Lipinski definition) is 1. The molecule has 0 amide bonds. The fraction of sp³-hybridized carbons (Fsp3) is 0.571. The van der Waals surface area contributed by atoms with Gasteiger partial charge in [-0.05, 0) is 42.5 Å². The second-order valence-corrected chi connectivity index (χ2v) is 6.40. The zero-order valence-electron chi connectivity index (χ0n) is 10.2. The first kappa shape index (κ1) is 12.4. The molecule has 1 aromatic rings. The molecule has 4 heteroatoms. The normalized spacial score (nSPS) is 30.3. The van der Waals surface area contributed by atoms with Crippen LogP contribution in [0.5, 0.6) is 5.75 Å². The highest BCUT2D eigenvalue weighted by atomic mass is 79.9. The maximum Gasteiger partial charge on any atom is 0.126 e. The van der Waals surface area contributed by atoms with Crippen LogP contribution in [0.25, 0.3) is 0 Å². The molecule has 3 rings (SSSR count). The predicted octanol–water partition coefficient (Wildman–Crippen LogP) is 3.15. The van der Waals surface area contributed by atoms with Crippen LogP contribution in [0.1, 0.15) is 30.4 Å². The van der Waals surface area contributed by atoms with Crippen molar-refractivity contribution in [3.63, 3.8) is 0 Å². The lowest BCUT2D eigenvalue weighted by molar-refractivity contribution is 0.169. The van der Waals surface area contributed by atoms with Gasteiger partial charge in [0.25, 0.3) is 0 Å². The third-order valence-corrected chi connectivity index (χ3v) is 4.38. The zero-order chi connectivity index (χ0) is 12.8. The van der Waals surface area contributed by atoms with Gasteiger partial charge < -0.3 is 10.5 Å². The van der Waals surface area contributed by atoms with Crippen molar-refractivity contribution in [2.24, 2.45) is 5.73 Å². The molecule has 2 N–H and O–H groups in total. The van der Waals surface area contributed by atoms with Gasteiger partial charge in [-0.2, -0.15) is 0 Å². The average Bonchev–Trinajstić information content (AvgIpc) is 2.85. The van der Waals surface area contributed by atoms with Gasteiger partial charge in [-0.15, -0.1) is 0 Å². The highest BCUT2D eigenvalue weighted by Crippen LogP contribution is 2.40. The fourth-order valence-electron chi connectivity index (χ4n) is 3.10. The molecule has 2 nitrogen and oxygen atoms in total. The molecule has 0 radical (unpaired) electrons. The first-order valence-corrected chi connectivity index (χ1v) is 7.24. The van der Waals surface area contributed by atoms with Crippen molar-refractivity contribution in [3.05, 3.63) is 27.7 Å². The molecule has 1 fully saturated rings. The third kappa shape index (κ3) is 2.28. The van der Waals surface area contributed by atoms with Crippen molar-refractivity contribution in [1.29, 1.82) is 0 Å². The molecule has 98 valence electrons. The Bertz CT molecular complexity index is 479. The molecule has 2 atom stereocenters. The number of halogens is 2. The number of ether oxygens (including phenoxy) is 1. The minimum Gasteiger partial charge on any atom is -0.493 e. The van der Waals surface area contributed by atoms with Gasteiger partial charge in [0.15, 0.2) is 0 Å². The minimum absolute atomic E-state index is 0.0103. The first-order chi connectivity index (χ1) is 8.56. The van der Waals surface area contributed by atoms with E-state index in [0.717, 1.165) is 28.6 Å². The highest BCUT2D eigenvalue weighted by Gasteiger charge is 2.39. The summed E-state index contributed by atoms with van der Waals surface area (Å²) in [5, 5.41) is 0. The Morgan fingerprint density at radius 3 is 3.06 bits per heavy atom. The summed E-state index contributed by atoms with van der Waals surface area (Å²) in [6, 6.07) is 4.06. The van der Waals surface area contributed by atoms with Crippen LogP contribution in [0.3, 0.4) is 0 Å². The van der Waals surface area contributed by atoms with Gasteiger partial charge in [-0.3, -0.25) is 0 Å². The van der Waals surface area contributed by atoms with E-state index in [-0.39, 0.29) is 6.04 Å². The van der Waals surface area contributed by atoms with Crippen molar-refractivity contribution in [3.8, 4) is 5.75 Å². The van der Waals surface area contributed by atoms with Crippen molar-refractivity contribution >= 4 is 15.9 Å². The van der Waals surface area contributed by atoms with Gasteiger partial charge in [0.2, 0.25) is 0 Å². The van der Waals surface area contributed by atoms with Gasteiger partial charge >= 0.3 is 0 Å². The van der Waals surface area contributed by atoms with Crippen LogP contribution in [0.15, 0.2) is 16.6 Å². The number of hydrogen-bond acceptors (Lipinski definition) is 2. The lowest BCUT2D eigenvalue weighted by Gasteiger charge is -2.21. The molecular formula is C14H17BrFNO. The standard InChI is InChI=1S/C14H17BrFNO/c15-11-5-9-2-4-18-13(9)10(6-11)7-14(16)3-1-12(17)8-14/h5-6,12H,1-4,7-8,17H2. The first-order valence-electron chi connectivity index (χ1n) is 6.44. The molecule has 0 bridgehead atoms. The van der Waals surface area contributed by atoms with E-state index in [2.05, 4.69) is 22.0 Å². The summed E-state index contributed by atoms with van der Waals surface area (Å²) in [4.78, 5) is 0. The summed E-state index contributed by atoms with van der Waals surface area (Å²) in [6.07, 6.45) is 3.15. The van der Waals surface area contributed by atoms with E-state index in [1.54, 1.807) is 0 Å². The van der Waals surface area contributed by atoms with E-state index in [1.807, 2.05) is 6.07 Å². The van der Waals surface area contributed by atoms with Crippen molar-refractivity contribution in [2.75, 3.05) is 6.61 Å². The van der Waals surface area contributed by atoms with E-state index in [4.69, 9.17) is 10.5 Å². The molecule has 1 saturated carbocycles. The Labute approximate surface area is 115 Å². The topological polar surface area (TPSA) is 35.2 Å². The van der Waals surface area contributed by atoms with Crippen molar-refractivity contribution in [1.82, 2.24) is 0 Å². The van der Waals surface area contributed by atoms with Crippen LogP contribution in [0.4, 0.5) is 4.39 Å². The van der Waals surface area contributed by atoms with Crippen molar-refractivity contribution < 1.29 is 9.13 Å². The molecule has 1 aromatic carbocycles. The third-order valence-electron chi connectivity index (χ3n) is 3.92. The van der Waals surface area contributed by atoms with E-state index in [9.17, 15) is 4.39 Å².